The molecule has 0 unspecified atom stereocenters. The number of hydrogen-bond donors (Lipinski definition) is 1. The van der Waals surface area contributed by atoms with Crippen LogP contribution in [0.15, 0.2) is 10.9 Å². The molecule has 0 radical (unpaired) electrons. The zero-order valence-electron chi connectivity index (χ0n) is 9.26. The smallest absolute Gasteiger partial charge is 0.357 e. The highest BCUT2D eigenvalue weighted by Gasteiger charge is 2.15. The predicted molar refractivity (Wildman–Crippen MR) is 59.8 cm³/mol. The van der Waals surface area contributed by atoms with E-state index in [0.717, 1.165) is 4.88 Å². The molecule has 0 aromatic carbocycles. The van der Waals surface area contributed by atoms with Gasteiger partial charge < -0.3 is 14.6 Å². The summed E-state index contributed by atoms with van der Waals surface area (Å²) in [4.78, 5) is 20.1. The van der Waals surface area contributed by atoms with Crippen LogP contribution in [0.3, 0.4) is 0 Å². The van der Waals surface area contributed by atoms with Crippen molar-refractivity contribution in [2.75, 3.05) is 12.4 Å². The summed E-state index contributed by atoms with van der Waals surface area (Å²) in [7, 11) is 1.33. The average Bonchev–Trinajstić information content (AvgIpc) is 2.94. The first kappa shape index (κ1) is 11.5. The highest BCUT2D eigenvalue weighted by atomic mass is 32.1. The van der Waals surface area contributed by atoms with E-state index in [-0.39, 0.29) is 0 Å². The van der Waals surface area contributed by atoms with Gasteiger partial charge in [-0.05, 0) is 6.92 Å². The SMILES string of the molecule is COC(=O)c1nc(NCc2ncon2)sc1C. The first-order chi connectivity index (χ1) is 8.20. The van der Waals surface area contributed by atoms with Gasteiger partial charge in [0.05, 0.1) is 13.7 Å². The summed E-state index contributed by atoms with van der Waals surface area (Å²) >= 11 is 1.37. The number of rotatable bonds is 4. The lowest BCUT2D eigenvalue weighted by Gasteiger charge is -1.96. The van der Waals surface area contributed by atoms with Crippen LogP contribution in [0.5, 0.6) is 0 Å². The largest absolute Gasteiger partial charge is 0.464 e. The first-order valence-corrected chi connectivity index (χ1v) is 5.57. The van der Waals surface area contributed by atoms with Crippen LogP contribution >= 0.6 is 11.3 Å². The molecule has 0 saturated heterocycles. The number of nitrogens with zero attached hydrogens (tertiary/aromatic N) is 3. The fraction of sp³-hybridized carbons (Fsp3) is 0.333. The van der Waals surface area contributed by atoms with E-state index in [9.17, 15) is 4.79 Å². The van der Waals surface area contributed by atoms with Crippen LogP contribution in [0, 0.1) is 6.92 Å². The molecule has 0 fully saturated rings. The molecular formula is C9H10N4O3S. The topological polar surface area (TPSA) is 90.1 Å². The van der Waals surface area contributed by atoms with Gasteiger partial charge in [0.15, 0.2) is 16.6 Å². The lowest BCUT2D eigenvalue weighted by Crippen LogP contribution is -2.04. The minimum atomic E-state index is -0.439. The van der Waals surface area contributed by atoms with E-state index >= 15 is 0 Å². The van der Waals surface area contributed by atoms with Crippen LogP contribution < -0.4 is 5.32 Å². The molecule has 0 spiro atoms. The first-order valence-electron chi connectivity index (χ1n) is 4.75. The second-order valence-corrected chi connectivity index (χ2v) is 4.32. The highest BCUT2D eigenvalue weighted by Crippen LogP contribution is 2.22. The number of carbonyl (C=O) groups is 1. The normalized spacial score (nSPS) is 10.2. The Labute approximate surface area is 101 Å². The minimum absolute atomic E-state index is 0.327. The maximum absolute atomic E-state index is 11.3. The second-order valence-electron chi connectivity index (χ2n) is 3.12. The number of nitrogens with one attached hydrogen (secondary N) is 1. The molecule has 7 nitrogen and oxygen atoms in total. The van der Waals surface area contributed by atoms with E-state index in [0.29, 0.717) is 23.2 Å². The van der Waals surface area contributed by atoms with Crippen LogP contribution in [0.1, 0.15) is 21.2 Å². The van der Waals surface area contributed by atoms with Gasteiger partial charge in [-0.1, -0.05) is 5.16 Å². The Morgan fingerprint density at radius 2 is 2.47 bits per heavy atom. The summed E-state index contributed by atoms with van der Waals surface area (Å²) in [5.41, 5.74) is 0.327. The fourth-order valence-electron chi connectivity index (χ4n) is 1.18. The van der Waals surface area contributed by atoms with Crippen molar-refractivity contribution < 1.29 is 14.1 Å². The minimum Gasteiger partial charge on any atom is -0.464 e. The van der Waals surface area contributed by atoms with Crippen molar-refractivity contribution in [2.24, 2.45) is 0 Å². The van der Waals surface area contributed by atoms with Gasteiger partial charge in [-0.3, -0.25) is 0 Å². The summed E-state index contributed by atoms with van der Waals surface area (Å²) in [5, 5.41) is 7.27. The number of esters is 1. The van der Waals surface area contributed by atoms with Gasteiger partial charge in [0.25, 0.3) is 0 Å². The Kier molecular flexibility index (Phi) is 3.33. The molecule has 17 heavy (non-hydrogen) atoms. The lowest BCUT2D eigenvalue weighted by atomic mass is 10.4. The summed E-state index contributed by atoms with van der Waals surface area (Å²) in [6.45, 7) is 2.20. The van der Waals surface area contributed by atoms with Gasteiger partial charge in [-0.15, -0.1) is 11.3 Å². The summed E-state index contributed by atoms with van der Waals surface area (Å²) in [6, 6.07) is 0. The highest BCUT2D eigenvalue weighted by molar-refractivity contribution is 7.15. The van der Waals surface area contributed by atoms with Crippen molar-refractivity contribution >= 4 is 22.4 Å². The van der Waals surface area contributed by atoms with Crippen LogP contribution in [0.4, 0.5) is 5.13 Å². The maximum Gasteiger partial charge on any atom is 0.357 e. The monoisotopic (exact) mass is 254 g/mol. The molecule has 2 heterocycles. The van der Waals surface area contributed by atoms with E-state index in [1.165, 1.54) is 24.8 Å². The van der Waals surface area contributed by atoms with Crippen molar-refractivity contribution in [3.05, 3.63) is 22.8 Å². The molecule has 2 aromatic heterocycles. The van der Waals surface area contributed by atoms with Crippen LogP contribution in [0.2, 0.25) is 0 Å². The predicted octanol–water partition coefficient (Wildman–Crippen LogP) is 1.23. The van der Waals surface area contributed by atoms with Crippen molar-refractivity contribution in [3.63, 3.8) is 0 Å². The quantitative estimate of drug-likeness (QED) is 0.820. The Morgan fingerprint density at radius 3 is 3.12 bits per heavy atom. The van der Waals surface area contributed by atoms with Crippen molar-refractivity contribution in [1.29, 1.82) is 0 Å². The molecule has 90 valence electrons. The van der Waals surface area contributed by atoms with Gasteiger partial charge in [0, 0.05) is 4.88 Å². The number of anilines is 1. The molecule has 0 amide bonds. The number of aryl methyl sites for hydroxylation is 1. The van der Waals surface area contributed by atoms with Gasteiger partial charge in [-0.25, -0.2) is 9.78 Å². The van der Waals surface area contributed by atoms with E-state index < -0.39 is 5.97 Å². The van der Waals surface area contributed by atoms with Gasteiger partial charge in [0.1, 0.15) is 0 Å². The van der Waals surface area contributed by atoms with Crippen LogP contribution in [-0.2, 0) is 11.3 Å². The Bertz CT molecular complexity index is 508. The third-order valence-electron chi connectivity index (χ3n) is 1.98. The summed E-state index contributed by atoms with van der Waals surface area (Å²) < 4.78 is 9.21. The van der Waals surface area contributed by atoms with Crippen LogP contribution in [0.25, 0.3) is 0 Å². The number of carbonyl (C=O) groups excluding carboxylic acids is 1. The fourth-order valence-corrected chi connectivity index (χ4v) is 1.98. The molecule has 1 N–H and O–H groups in total. The maximum atomic E-state index is 11.3. The molecule has 0 aliphatic rings. The second kappa shape index (κ2) is 4.91. The Balaban J connectivity index is 2.05. The standard InChI is InChI=1S/C9H10N4O3S/c1-5-7(8(14)15-2)12-9(17-5)10-3-6-11-4-16-13-6/h4H,3H2,1-2H3,(H,10,12). The molecule has 0 bridgehead atoms. The number of ether oxygens (including phenoxy) is 1. The van der Waals surface area contributed by atoms with E-state index in [2.05, 4.69) is 29.7 Å². The lowest BCUT2D eigenvalue weighted by molar-refractivity contribution is 0.0594. The number of aromatic nitrogens is 3. The molecule has 8 heteroatoms. The summed E-state index contributed by atoms with van der Waals surface area (Å²) in [5.74, 6) is 0.0869. The van der Waals surface area contributed by atoms with E-state index in [1.807, 2.05) is 6.92 Å². The molecule has 2 aromatic rings. The van der Waals surface area contributed by atoms with Crippen molar-refractivity contribution in [1.82, 2.24) is 15.1 Å². The van der Waals surface area contributed by atoms with Crippen molar-refractivity contribution in [2.45, 2.75) is 13.5 Å². The zero-order chi connectivity index (χ0) is 12.3. The van der Waals surface area contributed by atoms with Crippen LogP contribution in [-0.4, -0.2) is 28.2 Å². The molecule has 2 rings (SSSR count). The number of thiazole rings is 1. The van der Waals surface area contributed by atoms with Gasteiger partial charge in [-0.2, -0.15) is 4.98 Å². The zero-order valence-corrected chi connectivity index (χ0v) is 10.1. The Morgan fingerprint density at radius 1 is 1.65 bits per heavy atom. The third-order valence-corrected chi connectivity index (χ3v) is 2.91. The van der Waals surface area contributed by atoms with E-state index in [4.69, 9.17) is 0 Å². The molecule has 0 aliphatic heterocycles. The molecular weight excluding hydrogens is 244 g/mol. The molecule has 0 atom stereocenters. The molecule has 0 aliphatic carbocycles. The average molecular weight is 254 g/mol. The molecule has 0 saturated carbocycles. The van der Waals surface area contributed by atoms with Gasteiger partial charge in [0.2, 0.25) is 6.39 Å². The van der Waals surface area contributed by atoms with E-state index in [1.54, 1.807) is 0 Å². The number of hydrogen-bond acceptors (Lipinski definition) is 8. The van der Waals surface area contributed by atoms with Gasteiger partial charge >= 0.3 is 5.97 Å². The summed E-state index contributed by atoms with van der Waals surface area (Å²) in [6.07, 6.45) is 1.25. The third kappa shape index (κ3) is 2.59. The van der Waals surface area contributed by atoms with Crippen molar-refractivity contribution in [3.8, 4) is 0 Å². The number of methoxy groups -OCH3 is 1. The Hall–Kier alpha value is -1.96.